The Kier molecular flexibility index (Phi) is 10.9. The maximum Gasteiger partial charge on any atom is 0.361 e. The Morgan fingerprint density at radius 1 is 0.842 bits per heavy atom. The first-order valence-electron chi connectivity index (χ1n) is 8.14. The minimum atomic E-state index is -0.0224. The third kappa shape index (κ3) is 8.25. The Morgan fingerprint density at radius 3 is 1.58 bits per heavy atom. The van der Waals surface area contributed by atoms with Gasteiger partial charge >= 0.3 is 5.97 Å². The van der Waals surface area contributed by atoms with Crippen LogP contribution in [0.4, 0.5) is 0 Å². The molecule has 0 aromatic rings. The van der Waals surface area contributed by atoms with Gasteiger partial charge in [-0.15, -0.1) is 0 Å². The van der Waals surface area contributed by atoms with Crippen LogP contribution < -0.4 is 0 Å². The molecule has 0 N–H and O–H groups in total. The number of nitrogens with zero attached hydrogens (tertiary/aromatic N) is 1. The number of hydrogen-bond acceptors (Lipinski definition) is 2. The van der Waals surface area contributed by atoms with Crippen molar-refractivity contribution in [1.82, 2.24) is 0 Å². The predicted octanol–water partition coefficient (Wildman–Crippen LogP) is 3.77. The van der Waals surface area contributed by atoms with Crippen molar-refractivity contribution in [2.24, 2.45) is 0 Å². The van der Waals surface area contributed by atoms with Crippen LogP contribution in [-0.4, -0.2) is 43.2 Å². The summed E-state index contributed by atoms with van der Waals surface area (Å²) in [4.78, 5) is 11.9. The van der Waals surface area contributed by atoms with Gasteiger partial charge in [0.1, 0.15) is 0 Å². The Balaban J connectivity index is 4.70. The summed E-state index contributed by atoms with van der Waals surface area (Å²) in [5, 5.41) is 0. The van der Waals surface area contributed by atoms with Crippen molar-refractivity contribution in [3.05, 3.63) is 0 Å². The molecule has 0 spiro atoms. The highest BCUT2D eigenvalue weighted by Crippen LogP contribution is 2.15. The van der Waals surface area contributed by atoms with Crippen molar-refractivity contribution >= 4 is 5.97 Å². The summed E-state index contributed by atoms with van der Waals surface area (Å²) < 4.78 is 6.12. The number of hydrogen-bond donors (Lipinski definition) is 0. The van der Waals surface area contributed by atoms with Gasteiger partial charge in [-0.05, 0) is 26.2 Å². The third-order valence-corrected chi connectivity index (χ3v) is 3.73. The van der Waals surface area contributed by atoms with Crippen LogP contribution in [0, 0.1) is 0 Å². The molecule has 0 aromatic heterocycles. The molecule has 0 aliphatic carbocycles. The summed E-state index contributed by atoms with van der Waals surface area (Å²) >= 11 is 0. The molecule has 0 aliphatic rings. The predicted molar refractivity (Wildman–Crippen MR) is 81.1 cm³/mol. The zero-order valence-corrected chi connectivity index (χ0v) is 13.5. The van der Waals surface area contributed by atoms with Crippen molar-refractivity contribution in [3.63, 3.8) is 0 Å². The average Bonchev–Trinajstić information content (AvgIpc) is 2.40. The Labute approximate surface area is 119 Å². The zero-order chi connectivity index (χ0) is 14.6. The normalized spacial score (nSPS) is 11.6. The molecule has 0 radical (unpaired) electrons. The molecule has 19 heavy (non-hydrogen) atoms. The van der Waals surface area contributed by atoms with Gasteiger partial charge in [-0.3, -0.25) is 0 Å². The fourth-order valence-corrected chi connectivity index (χ4v) is 2.53. The Bertz CT molecular complexity index is 207. The van der Waals surface area contributed by atoms with Crippen LogP contribution in [-0.2, 0) is 9.53 Å². The first-order chi connectivity index (χ1) is 9.14. The molecule has 0 heterocycles. The molecule has 114 valence electrons. The van der Waals surface area contributed by atoms with Crippen LogP contribution in [0.25, 0.3) is 0 Å². The molecule has 0 saturated carbocycles. The first kappa shape index (κ1) is 18.4. The maximum atomic E-state index is 11.9. The number of carbonyl (C=O) groups is 1. The molecule has 3 nitrogen and oxygen atoms in total. The number of rotatable bonds is 12. The van der Waals surface area contributed by atoms with Gasteiger partial charge in [0.15, 0.2) is 6.54 Å². The van der Waals surface area contributed by atoms with Gasteiger partial charge in [-0.25, -0.2) is 4.79 Å². The van der Waals surface area contributed by atoms with Gasteiger partial charge in [-0.2, -0.15) is 0 Å². The third-order valence-electron chi connectivity index (χ3n) is 3.73. The summed E-state index contributed by atoms with van der Waals surface area (Å²) in [6.45, 7) is 13.0. The lowest BCUT2D eigenvalue weighted by molar-refractivity contribution is -0.922. The van der Waals surface area contributed by atoms with Gasteiger partial charge in [0.25, 0.3) is 0 Å². The molecule has 0 aromatic carbocycles. The average molecular weight is 272 g/mol. The molecule has 0 amide bonds. The second-order valence-corrected chi connectivity index (χ2v) is 5.54. The minimum Gasteiger partial charge on any atom is -0.462 e. The van der Waals surface area contributed by atoms with E-state index in [0.29, 0.717) is 13.2 Å². The Morgan fingerprint density at radius 2 is 1.26 bits per heavy atom. The molecular formula is C16H34NO2+. The highest BCUT2D eigenvalue weighted by molar-refractivity contribution is 5.70. The number of unbranched alkanes of at least 4 members (excludes halogenated alkanes) is 3. The van der Waals surface area contributed by atoms with Gasteiger partial charge in [0.2, 0.25) is 0 Å². The van der Waals surface area contributed by atoms with Crippen LogP contribution in [0.1, 0.15) is 66.2 Å². The first-order valence-corrected chi connectivity index (χ1v) is 8.14. The lowest BCUT2D eigenvalue weighted by Crippen LogP contribution is -2.53. The molecule has 0 fully saturated rings. The van der Waals surface area contributed by atoms with Crippen molar-refractivity contribution in [1.29, 1.82) is 0 Å². The number of esters is 1. The van der Waals surface area contributed by atoms with Crippen LogP contribution in [0.2, 0.25) is 0 Å². The highest BCUT2D eigenvalue weighted by atomic mass is 16.5. The fraction of sp³-hybridized carbons (Fsp3) is 0.938. The van der Waals surface area contributed by atoms with E-state index in [9.17, 15) is 4.79 Å². The monoisotopic (exact) mass is 272 g/mol. The second kappa shape index (κ2) is 11.3. The molecule has 0 aliphatic heterocycles. The van der Waals surface area contributed by atoms with E-state index in [-0.39, 0.29) is 5.97 Å². The standard InChI is InChI=1S/C16H34NO2/c1-5-9-12-17(13-10-6-2,14-11-7-3)15-16(18)19-8-4/h5-15H2,1-4H3/q+1. The fourth-order valence-electron chi connectivity index (χ4n) is 2.53. The SMILES string of the molecule is CCCC[N+](CCCC)(CCCC)CC(=O)OCC. The summed E-state index contributed by atoms with van der Waals surface area (Å²) in [6.07, 6.45) is 7.19. The van der Waals surface area contributed by atoms with Crippen LogP contribution in [0.5, 0.6) is 0 Å². The van der Waals surface area contributed by atoms with E-state index in [1.807, 2.05) is 6.92 Å². The van der Waals surface area contributed by atoms with E-state index in [2.05, 4.69) is 20.8 Å². The minimum absolute atomic E-state index is 0.0224. The molecule has 0 bridgehead atoms. The smallest absolute Gasteiger partial charge is 0.361 e. The number of ether oxygens (including phenoxy) is 1. The lowest BCUT2D eigenvalue weighted by Gasteiger charge is -2.38. The summed E-state index contributed by atoms with van der Waals surface area (Å²) in [7, 11) is 0. The highest BCUT2D eigenvalue weighted by Gasteiger charge is 2.29. The van der Waals surface area contributed by atoms with Gasteiger partial charge in [-0.1, -0.05) is 40.0 Å². The van der Waals surface area contributed by atoms with E-state index in [0.717, 1.165) is 24.1 Å². The van der Waals surface area contributed by atoms with E-state index in [1.165, 1.54) is 38.5 Å². The van der Waals surface area contributed by atoms with E-state index in [4.69, 9.17) is 4.74 Å². The largest absolute Gasteiger partial charge is 0.462 e. The van der Waals surface area contributed by atoms with Gasteiger partial charge in [0.05, 0.1) is 26.2 Å². The molecule has 3 heteroatoms. The van der Waals surface area contributed by atoms with E-state index >= 15 is 0 Å². The molecule has 0 saturated heterocycles. The molecule has 0 rings (SSSR count). The van der Waals surface area contributed by atoms with Crippen molar-refractivity contribution in [2.45, 2.75) is 66.2 Å². The van der Waals surface area contributed by atoms with Crippen LogP contribution >= 0.6 is 0 Å². The van der Waals surface area contributed by atoms with Crippen LogP contribution in [0.15, 0.2) is 0 Å². The zero-order valence-electron chi connectivity index (χ0n) is 13.5. The molecule has 0 unspecified atom stereocenters. The summed E-state index contributed by atoms with van der Waals surface area (Å²) in [5.74, 6) is -0.0224. The topological polar surface area (TPSA) is 26.3 Å². The van der Waals surface area contributed by atoms with Gasteiger partial charge < -0.3 is 9.22 Å². The summed E-state index contributed by atoms with van der Waals surface area (Å²) in [5.41, 5.74) is 0. The van der Waals surface area contributed by atoms with E-state index in [1.54, 1.807) is 0 Å². The Hall–Kier alpha value is -0.570. The number of quaternary nitrogens is 1. The number of carbonyl (C=O) groups excluding carboxylic acids is 1. The van der Waals surface area contributed by atoms with Crippen LogP contribution in [0.3, 0.4) is 0 Å². The van der Waals surface area contributed by atoms with E-state index < -0.39 is 0 Å². The quantitative estimate of drug-likeness (QED) is 0.399. The summed E-state index contributed by atoms with van der Waals surface area (Å²) in [6, 6.07) is 0. The molecule has 0 atom stereocenters. The van der Waals surface area contributed by atoms with Crippen molar-refractivity contribution in [2.75, 3.05) is 32.8 Å². The molecular weight excluding hydrogens is 238 g/mol. The van der Waals surface area contributed by atoms with Gasteiger partial charge in [0, 0.05) is 0 Å². The van der Waals surface area contributed by atoms with Crippen molar-refractivity contribution in [3.8, 4) is 0 Å². The van der Waals surface area contributed by atoms with Crippen molar-refractivity contribution < 1.29 is 14.0 Å². The maximum absolute atomic E-state index is 11.9. The lowest BCUT2D eigenvalue weighted by atomic mass is 10.1. The second-order valence-electron chi connectivity index (χ2n) is 5.54.